The van der Waals surface area contributed by atoms with Crippen molar-refractivity contribution in [2.24, 2.45) is 5.73 Å². The van der Waals surface area contributed by atoms with Crippen molar-refractivity contribution < 1.29 is 4.52 Å². The van der Waals surface area contributed by atoms with Gasteiger partial charge in [-0.1, -0.05) is 24.9 Å². The van der Waals surface area contributed by atoms with Gasteiger partial charge in [-0.2, -0.15) is 4.98 Å². The summed E-state index contributed by atoms with van der Waals surface area (Å²) in [5.41, 5.74) is 5.65. The largest absolute Gasteiger partial charge is 0.339 e. The number of rotatable bonds is 4. The molecule has 1 aliphatic rings. The van der Waals surface area contributed by atoms with Gasteiger partial charge >= 0.3 is 0 Å². The Morgan fingerprint density at radius 1 is 1.47 bits per heavy atom. The first kappa shape index (κ1) is 10.6. The number of hydrogen-bond acceptors (Lipinski definition) is 4. The average Bonchev–Trinajstić information content (AvgIpc) is 2.89. The minimum atomic E-state index is 0.229. The molecule has 0 bridgehead atoms. The molecule has 0 saturated heterocycles. The molecule has 0 spiro atoms. The molecule has 1 unspecified atom stereocenters. The van der Waals surface area contributed by atoms with Crippen LogP contribution in [0.4, 0.5) is 0 Å². The number of nitrogens with two attached hydrogens (primary N) is 1. The predicted octanol–water partition coefficient (Wildman–Crippen LogP) is 2.18. The van der Waals surface area contributed by atoms with E-state index in [-0.39, 0.29) is 5.92 Å². The normalized spacial score (nSPS) is 19.6. The molecule has 1 atom stereocenters. The summed E-state index contributed by atoms with van der Waals surface area (Å²) in [5.74, 6) is 2.38. The van der Waals surface area contributed by atoms with Crippen molar-refractivity contribution in [2.45, 2.75) is 50.9 Å². The van der Waals surface area contributed by atoms with Crippen LogP contribution in [-0.2, 0) is 0 Å². The molecule has 4 nitrogen and oxygen atoms in total. The van der Waals surface area contributed by atoms with E-state index in [1.807, 2.05) is 0 Å². The van der Waals surface area contributed by atoms with Crippen LogP contribution in [0.15, 0.2) is 4.52 Å². The summed E-state index contributed by atoms with van der Waals surface area (Å²) >= 11 is 0. The highest BCUT2D eigenvalue weighted by Crippen LogP contribution is 2.32. The van der Waals surface area contributed by atoms with Gasteiger partial charge in [0.05, 0.1) is 5.92 Å². The lowest BCUT2D eigenvalue weighted by Crippen LogP contribution is -2.12. The van der Waals surface area contributed by atoms with Crippen LogP contribution in [-0.4, -0.2) is 16.7 Å². The monoisotopic (exact) mass is 209 g/mol. The summed E-state index contributed by atoms with van der Waals surface area (Å²) in [6.45, 7) is 2.68. The van der Waals surface area contributed by atoms with E-state index in [2.05, 4.69) is 17.1 Å². The maximum Gasteiger partial charge on any atom is 0.231 e. The van der Waals surface area contributed by atoms with Gasteiger partial charge < -0.3 is 10.3 Å². The van der Waals surface area contributed by atoms with Gasteiger partial charge in [-0.05, 0) is 19.3 Å². The van der Waals surface area contributed by atoms with Gasteiger partial charge in [-0.3, -0.25) is 0 Å². The maximum absolute atomic E-state index is 5.65. The Bertz CT molecular complexity index is 284. The van der Waals surface area contributed by atoms with Crippen LogP contribution >= 0.6 is 0 Å². The van der Waals surface area contributed by atoms with Gasteiger partial charge in [-0.15, -0.1) is 0 Å². The highest BCUT2D eigenvalue weighted by atomic mass is 16.5. The van der Waals surface area contributed by atoms with E-state index in [9.17, 15) is 0 Å². The van der Waals surface area contributed by atoms with E-state index in [1.54, 1.807) is 0 Å². The number of aromatic nitrogens is 2. The maximum atomic E-state index is 5.65. The summed E-state index contributed by atoms with van der Waals surface area (Å²) < 4.78 is 5.28. The highest BCUT2D eigenvalue weighted by Gasteiger charge is 2.24. The third-order valence-electron chi connectivity index (χ3n) is 3.30. The first-order valence-electron chi connectivity index (χ1n) is 5.88. The standard InChI is InChI=1S/C11H19N3O/c1-2-8(7-12)11-13-10(14-15-11)9-5-3-4-6-9/h8-9H,2-7,12H2,1H3. The van der Waals surface area contributed by atoms with Crippen LogP contribution in [0.1, 0.15) is 62.6 Å². The van der Waals surface area contributed by atoms with Crippen LogP contribution in [0, 0.1) is 0 Å². The average molecular weight is 209 g/mol. The molecule has 1 aromatic rings. The molecular formula is C11H19N3O. The first-order chi connectivity index (χ1) is 7.35. The smallest absolute Gasteiger partial charge is 0.231 e. The molecule has 0 amide bonds. The fourth-order valence-electron chi connectivity index (χ4n) is 2.21. The van der Waals surface area contributed by atoms with E-state index in [4.69, 9.17) is 10.3 Å². The molecule has 0 aromatic carbocycles. The molecular weight excluding hydrogens is 190 g/mol. The molecule has 0 aliphatic heterocycles. The lowest BCUT2D eigenvalue weighted by atomic mass is 10.1. The Morgan fingerprint density at radius 2 is 2.20 bits per heavy atom. The third-order valence-corrected chi connectivity index (χ3v) is 3.30. The van der Waals surface area contributed by atoms with Gasteiger partial charge in [0.15, 0.2) is 5.82 Å². The fourth-order valence-corrected chi connectivity index (χ4v) is 2.21. The Morgan fingerprint density at radius 3 is 2.80 bits per heavy atom. The van der Waals surface area contributed by atoms with Gasteiger partial charge in [0.25, 0.3) is 0 Å². The molecule has 4 heteroatoms. The molecule has 1 heterocycles. The zero-order valence-corrected chi connectivity index (χ0v) is 9.28. The zero-order valence-electron chi connectivity index (χ0n) is 9.28. The first-order valence-corrected chi connectivity index (χ1v) is 5.88. The van der Waals surface area contributed by atoms with Crippen LogP contribution in [0.2, 0.25) is 0 Å². The second-order valence-electron chi connectivity index (χ2n) is 4.31. The molecule has 2 rings (SSSR count). The van der Waals surface area contributed by atoms with Gasteiger partial charge in [0.1, 0.15) is 0 Å². The molecule has 1 saturated carbocycles. The van der Waals surface area contributed by atoms with Crippen molar-refractivity contribution in [3.63, 3.8) is 0 Å². The minimum absolute atomic E-state index is 0.229. The quantitative estimate of drug-likeness (QED) is 0.825. The lowest BCUT2D eigenvalue weighted by Gasteiger charge is -2.04. The van der Waals surface area contributed by atoms with Crippen molar-refractivity contribution in [3.05, 3.63) is 11.7 Å². The van der Waals surface area contributed by atoms with Crippen molar-refractivity contribution >= 4 is 0 Å². The second kappa shape index (κ2) is 4.75. The van der Waals surface area contributed by atoms with Crippen LogP contribution in [0.3, 0.4) is 0 Å². The fraction of sp³-hybridized carbons (Fsp3) is 0.818. The van der Waals surface area contributed by atoms with E-state index < -0.39 is 0 Å². The van der Waals surface area contributed by atoms with Crippen LogP contribution in [0.25, 0.3) is 0 Å². The van der Waals surface area contributed by atoms with Crippen molar-refractivity contribution in [3.8, 4) is 0 Å². The zero-order chi connectivity index (χ0) is 10.7. The van der Waals surface area contributed by atoms with Gasteiger partial charge in [-0.25, -0.2) is 0 Å². The minimum Gasteiger partial charge on any atom is -0.339 e. The van der Waals surface area contributed by atoms with Crippen LogP contribution in [0.5, 0.6) is 0 Å². The van der Waals surface area contributed by atoms with Crippen molar-refractivity contribution in [1.29, 1.82) is 0 Å². The Balaban J connectivity index is 2.08. The number of hydrogen-bond donors (Lipinski definition) is 1. The SMILES string of the molecule is CCC(CN)c1nc(C2CCCC2)no1. The highest BCUT2D eigenvalue weighted by molar-refractivity contribution is 5.01. The van der Waals surface area contributed by atoms with E-state index in [0.717, 1.165) is 18.1 Å². The van der Waals surface area contributed by atoms with Gasteiger partial charge in [0.2, 0.25) is 5.89 Å². The summed E-state index contributed by atoms with van der Waals surface area (Å²) in [5, 5.41) is 4.07. The lowest BCUT2D eigenvalue weighted by molar-refractivity contribution is 0.345. The summed E-state index contributed by atoms with van der Waals surface area (Å²) in [6, 6.07) is 0. The molecule has 1 aliphatic carbocycles. The van der Waals surface area contributed by atoms with Crippen LogP contribution < -0.4 is 5.73 Å². The molecule has 15 heavy (non-hydrogen) atoms. The molecule has 0 radical (unpaired) electrons. The molecule has 1 aromatic heterocycles. The molecule has 1 fully saturated rings. The van der Waals surface area contributed by atoms with E-state index >= 15 is 0 Å². The molecule has 2 N–H and O–H groups in total. The summed E-state index contributed by atoms with van der Waals surface area (Å²) in [4.78, 5) is 4.48. The predicted molar refractivity (Wildman–Crippen MR) is 57.6 cm³/mol. The Labute approximate surface area is 90.2 Å². The van der Waals surface area contributed by atoms with Crippen molar-refractivity contribution in [2.75, 3.05) is 6.54 Å². The summed E-state index contributed by atoms with van der Waals surface area (Å²) in [6.07, 6.45) is 5.96. The third kappa shape index (κ3) is 2.20. The topological polar surface area (TPSA) is 64.9 Å². The van der Waals surface area contributed by atoms with Crippen molar-refractivity contribution in [1.82, 2.24) is 10.1 Å². The Hall–Kier alpha value is -0.900. The number of nitrogens with zero attached hydrogens (tertiary/aromatic N) is 2. The van der Waals surface area contributed by atoms with E-state index in [0.29, 0.717) is 12.5 Å². The Kier molecular flexibility index (Phi) is 3.36. The molecule has 84 valence electrons. The summed E-state index contributed by atoms with van der Waals surface area (Å²) in [7, 11) is 0. The van der Waals surface area contributed by atoms with E-state index in [1.165, 1.54) is 25.7 Å². The van der Waals surface area contributed by atoms with Gasteiger partial charge in [0, 0.05) is 12.5 Å². The second-order valence-corrected chi connectivity index (χ2v) is 4.31.